The number of nitrogens with one attached hydrogen (secondary N) is 1. The van der Waals surface area contributed by atoms with E-state index in [0.717, 1.165) is 12.1 Å². The normalized spacial score (nSPS) is 12.9. The van der Waals surface area contributed by atoms with Gasteiger partial charge in [0.15, 0.2) is 11.5 Å². The van der Waals surface area contributed by atoms with E-state index in [1.165, 1.54) is 0 Å². The van der Waals surface area contributed by atoms with E-state index in [1.54, 1.807) is 13.2 Å². The number of methoxy groups -OCH3 is 1. The molecule has 0 heterocycles. The molecule has 1 unspecified atom stereocenters. The molecule has 1 aromatic rings. The zero-order valence-electron chi connectivity index (χ0n) is 10.0. The molecule has 0 radical (unpaired) electrons. The summed E-state index contributed by atoms with van der Waals surface area (Å²) in [5.74, 6) is 0.664. The molecule has 0 spiro atoms. The molecule has 3 heteroatoms. The predicted molar refractivity (Wildman–Crippen MR) is 66.8 cm³/mol. The lowest BCUT2D eigenvalue weighted by Gasteiger charge is -2.07. The van der Waals surface area contributed by atoms with Crippen LogP contribution >= 0.6 is 0 Å². The molecule has 0 aliphatic heterocycles. The number of aromatic hydroxyl groups is 1. The summed E-state index contributed by atoms with van der Waals surface area (Å²) in [4.78, 5) is 0. The summed E-state index contributed by atoms with van der Waals surface area (Å²) >= 11 is 0. The fraction of sp³-hybridized carbons (Fsp3) is 0.385. The van der Waals surface area contributed by atoms with Gasteiger partial charge in [-0.3, -0.25) is 0 Å². The summed E-state index contributed by atoms with van der Waals surface area (Å²) in [6, 6.07) is 5.64. The van der Waals surface area contributed by atoms with Crippen LogP contribution in [0.4, 0.5) is 0 Å². The van der Waals surface area contributed by atoms with Crippen LogP contribution in [0, 0.1) is 0 Å². The van der Waals surface area contributed by atoms with E-state index in [2.05, 4.69) is 25.2 Å². The Balaban J connectivity index is 2.74. The zero-order chi connectivity index (χ0) is 12.0. The van der Waals surface area contributed by atoms with Crippen LogP contribution in [0.2, 0.25) is 0 Å². The Kier molecular flexibility index (Phi) is 4.86. The number of phenols is 1. The standard InChI is InChI=1S/C13H19NO2/c1-4-14-10(2)5-6-11-7-8-12(15)13(9-11)16-3/h5-10,14-15H,4H2,1-3H3/b6-5+. The highest BCUT2D eigenvalue weighted by Gasteiger charge is 2.00. The van der Waals surface area contributed by atoms with Crippen LogP contribution in [0.1, 0.15) is 19.4 Å². The number of hydrogen-bond acceptors (Lipinski definition) is 3. The van der Waals surface area contributed by atoms with Crippen LogP contribution in [-0.4, -0.2) is 24.8 Å². The van der Waals surface area contributed by atoms with Gasteiger partial charge in [0.2, 0.25) is 0 Å². The maximum absolute atomic E-state index is 9.44. The molecule has 0 saturated heterocycles. The highest BCUT2D eigenvalue weighted by atomic mass is 16.5. The molecule has 0 bridgehead atoms. The van der Waals surface area contributed by atoms with E-state index in [9.17, 15) is 5.11 Å². The van der Waals surface area contributed by atoms with Crippen molar-refractivity contribution in [2.24, 2.45) is 0 Å². The highest BCUT2D eigenvalue weighted by molar-refractivity contribution is 5.55. The second-order valence-electron chi connectivity index (χ2n) is 3.64. The van der Waals surface area contributed by atoms with Crippen molar-refractivity contribution >= 4 is 6.08 Å². The van der Waals surface area contributed by atoms with E-state index in [1.807, 2.05) is 18.2 Å². The fourth-order valence-electron chi connectivity index (χ4n) is 1.44. The average Bonchev–Trinajstić information content (AvgIpc) is 2.28. The van der Waals surface area contributed by atoms with Gasteiger partial charge in [0.1, 0.15) is 0 Å². The smallest absolute Gasteiger partial charge is 0.161 e. The SMILES string of the molecule is CCNC(C)/C=C/c1ccc(O)c(OC)c1. The molecule has 1 rings (SSSR count). The van der Waals surface area contributed by atoms with Crippen molar-refractivity contribution in [2.75, 3.05) is 13.7 Å². The third-order valence-corrected chi connectivity index (χ3v) is 2.31. The minimum atomic E-state index is 0.166. The van der Waals surface area contributed by atoms with Crippen LogP contribution < -0.4 is 10.1 Å². The monoisotopic (exact) mass is 221 g/mol. The van der Waals surface area contributed by atoms with Crippen LogP contribution in [0.3, 0.4) is 0 Å². The zero-order valence-corrected chi connectivity index (χ0v) is 10.0. The lowest BCUT2D eigenvalue weighted by Crippen LogP contribution is -2.22. The molecule has 0 amide bonds. The summed E-state index contributed by atoms with van der Waals surface area (Å²) in [6.07, 6.45) is 4.09. The Morgan fingerprint density at radius 2 is 2.25 bits per heavy atom. The molecular weight excluding hydrogens is 202 g/mol. The Morgan fingerprint density at radius 3 is 2.88 bits per heavy atom. The van der Waals surface area contributed by atoms with Gasteiger partial charge in [0.05, 0.1) is 7.11 Å². The average molecular weight is 221 g/mol. The van der Waals surface area contributed by atoms with E-state index < -0.39 is 0 Å². The van der Waals surface area contributed by atoms with Crippen molar-refractivity contribution in [1.82, 2.24) is 5.32 Å². The topological polar surface area (TPSA) is 41.5 Å². The quantitative estimate of drug-likeness (QED) is 0.802. The van der Waals surface area contributed by atoms with Crippen molar-refractivity contribution in [1.29, 1.82) is 0 Å². The molecule has 0 fully saturated rings. The van der Waals surface area contributed by atoms with E-state index in [-0.39, 0.29) is 5.75 Å². The van der Waals surface area contributed by atoms with Gasteiger partial charge in [-0.25, -0.2) is 0 Å². The molecule has 0 aliphatic carbocycles. The number of hydrogen-bond donors (Lipinski definition) is 2. The lowest BCUT2D eigenvalue weighted by atomic mass is 10.1. The maximum Gasteiger partial charge on any atom is 0.161 e. The first kappa shape index (κ1) is 12.6. The number of likely N-dealkylation sites (N-methyl/N-ethyl adjacent to an activating group) is 1. The lowest BCUT2D eigenvalue weighted by molar-refractivity contribution is 0.373. The number of benzene rings is 1. The van der Waals surface area contributed by atoms with Crippen molar-refractivity contribution in [3.63, 3.8) is 0 Å². The first-order valence-electron chi connectivity index (χ1n) is 5.46. The van der Waals surface area contributed by atoms with Crippen LogP contribution in [0.25, 0.3) is 6.08 Å². The number of rotatable bonds is 5. The van der Waals surface area contributed by atoms with Gasteiger partial charge in [-0.15, -0.1) is 0 Å². The molecule has 16 heavy (non-hydrogen) atoms. The van der Waals surface area contributed by atoms with Crippen LogP contribution in [0.5, 0.6) is 11.5 Å². The molecule has 88 valence electrons. The van der Waals surface area contributed by atoms with Gasteiger partial charge in [0.25, 0.3) is 0 Å². The van der Waals surface area contributed by atoms with Gasteiger partial charge < -0.3 is 15.2 Å². The Bertz CT molecular complexity index is 361. The second kappa shape index (κ2) is 6.18. The van der Waals surface area contributed by atoms with Gasteiger partial charge in [0, 0.05) is 6.04 Å². The number of ether oxygens (including phenoxy) is 1. The molecular formula is C13H19NO2. The van der Waals surface area contributed by atoms with Crippen LogP contribution in [-0.2, 0) is 0 Å². The Labute approximate surface area is 96.8 Å². The van der Waals surface area contributed by atoms with Crippen molar-refractivity contribution in [3.8, 4) is 11.5 Å². The minimum absolute atomic E-state index is 0.166. The molecule has 0 aliphatic rings. The highest BCUT2D eigenvalue weighted by Crippen LogP contribution is 2.26. The maximum atomic E-state index is 9.44. The van der Waals surface area contributed by atoms with E-state index in [0.29, 0.717) is 11.8 Å². The van der Waals surface area contributed by atoms with E-state index >= 15 is 0 Å². The predicted octanol–water partition coefficient (Wildman–Crippen LogP) is 2.41. The van der Waals surface area contributed by atoms with Gasteiger partial charge in [-0.2, -0.15) is 0 Å². The second-order valence-corrected chi connectivity index (χ2v) is 3.64. The molecule has 0 saturated carbocycles. The third kappa shape index (κ3) is 3.59. The van der Waals surface area contributed by atoms with E-state index in [4.69, 9.17) is 4.74 Å². The third-order valence-electron chi connectivity index (χ3n) is 2.31. The summed E-state index contributed by atoms with van der Waals surface area (Å²) < 4.78 is 5.04. The summed E-state index contributed by atoms with van der Waals surface area (Å²) in [5.41, 5.74) is 1.01. The Hall–Kier alpha value is -1.48. The molecule has 3 nitrogen and oxygen atoms in total. The number of phenolic OH excluding ortho intramolecular Hbond substituents is 1. The van der Waals surface area contributed by atoms with Gasteiger partial charge in [-0.05, 0) is 31.2 Å². The summed E-state index contributed by atoms with van der Waals surface area (Å²) in [7, 11) is 1.55. The molecule has 2 N–H and O–H groups in total. The van der Waals surface area contributed by atoms with Crippen molar-refractivity contribution < 1.29 is 9.84 Å². The van der Waals surface area contributed by atoms with Crippen LogP contribution in [0.15, 0.2) is 24.3 Å². The summed E-state index contributed by atoms with van der Waals surface area (Å²) in [5, 5.41) is 12.7. The van der Waals surface area contributed by atoms with Crippen molar-refractivity contribution in [3.05, 3.63) is 29.8 Å². The van der Waals surface area contributed by atoms with Gasteiger partial charge >= 0.3 is 0 Å². The first-order chi connectivity index (χ1) is 7.67. The first-order valence-corrected chi connectivity index (χ1v) is 5.46. The Morgan fingerprint density at radius 1 is 1.50 bits per heavy atom. The minimum Gasteiger partial charge on any atom is -0.504 e. The molecule has 1 aromatic carbocycles. The largest absolute Gasteiger partial charge is 0.504 e. The molecule has 0 aromatic heterocycles. The molecule has 1 atom stereocenters. The van der Waals surface area contributed by atoms with Gasteiger partial charge in [-0.1, -0.05) is 25.1 Å². The summed E-state index contributed by atoms with van der Waals surface area (Å²) in [6.45, 7) is 5.12. The fourth-order valence-corrected chi connectivity index (χ4v) is 1.44. The van der Waals surface area contributed by atoms with Crippen molar-refractivity contribution in [2.45, 2.75) is 19.9 Å².